The van der Waals surface area contributed by atoms with E-state index in [2.05, 4.69) is 15.4 Å². The maximum atomic E-state index is 10.7. The van der Waals surface area contributed by atoms with Crippen LogP contribution in [0.25, 0.3) is 0 Å². The molecule has 0 aliphatic rings. The average Bonchev–Trinajstić information content (AvgIpc) is 1.99. The van der Waals surface area contributed by atoms with Crippen molar-refractivity contribution in [3.63, 3.8) is 0 Å². The van der Waals surface area contributed by atoms with Crippen molar-refractivity contribution in [3.05, 3.63) is 5.15 Å². The number of nitrogens with zero attached hydrogens (tertiary/aromatic N) is 3. The number of rotatable bonds is 2. The molecule has 0 bridgehead atoms. The Hall–Kier alpha value is -0.880. The summed E-state index contributed by atoms with van der Waals surface area (Å²) in [5, 5.41) is 6.14. The second-order valence-corrected chi connectivity index (χ2v) is 5.22. The lowest BCUT2D eigenvalue weighted by atomic mass is 10.7. The molecule has 0 saturated heterocycles. The van der Waals surface area contributed by atoms with Crippen LogP contribution in [0.2, 0.25) is 5.15 Å². The minimum absolute atomic E-state index is 0.917. The summed E-state index contributed by atoms with van der Waals surface area (Å²) in [5.74, 6) is 0. The van der Waals surface area contributed by atoms with Crippen molar-refractivity contribution < 1.29 is 25.9 Å². The molecule has 0 amide bonds. The molecule has 12 heteroatoms. The molecule has 0 atom stereocenters. The molecular weight excluding hydrogens is 274 g/mol. The monoisotopic (exact) mass is 275 g/mol. The summed E-state index contributed by atoms with van der Waals surface area (Å²) in [7, 11) is -9.96. The van der Waals surface area contributed by atoms with E-state index >= 15 is 0 Å². The molecule has 1 rings (SSSR count). The first kappa shape index (κ1) is 12.2. The summed E-state index contributed by atoms with van der Waals surface area (Å²) in [6, 6.07) is 0. The van der Waals surface area contributed by atoms with Crippen LogP contribution < -0.4 is 0 Å². The molecule has 1 heterocycles. The van der Waals surface area contributed by atoms with Gasteiger partial charge in [0.1, 0.15) is 0 Å². The molecule has 0 aromatic carbocycles. The maximum absolute atomic E-state index is 10.7. The molecule has 0 aliphatic heterocycles. The number of halogens is 1. The number of hydrogen-bond donors (Lipinski definition) is 2. The maximum Gasteiger partial charge on any atom is 0.315 e. The Balaban J connectivity index is 3.79. The number of aromatic nitrogens is 3. The summed E-state index contributed by atoms with van der Waals surface area (Å²) in [4.78, 5) is -1.32. The van der Waals surface area contributed by atoms with Crippen LogP contribution in [-0.2, 0) is 20.2 Å². The van der Waals surface area contributed by atoms with Crippen molar-refractivity contribution in [1.29, 1.82) is 0 Å². The van der Waals surface area contributed by atoms with Crippen molar-refractivity contribution in [3.8, 4) is 0 Å². The van der Waals surface area contributed by atoms with E-state index in [1.165, 1.54) is 0 Å². The summed E-state index contributed by atoms with van der Waals surface area (Å²) in [5.41, 5.74) is 0. The molecule has 0 fully saturated rings. The van der Waals surface area contributed by atoms with Gasteiger partial charge in [-0.05, 0) is 5.21 Å². The van der Waals surface area contributed by atoms with E-state index in [0.29, 0.717) is 0 Å². The molecule has 1 aromatic rings. The molecule has 0 aliphatic carbocycles. The molecule has 9 nitrogen and oxygen atoms in total. The van der Waals surface area contributed by atoms with Gasteiger partial charge in [0.15, 0.2) is 10.0 Å². The molecule has 0 saturated carbocycles. The Bertz CT molecular complexity index is 594. The normalized spacial score (nSPS) is 12.7. The molecular formula is C3H2ClN3O6S2. The average molecular weight is 276 g/mol. The first-order valence-electron chi connectivity index (χ1n) is 2.98. The van der Waals surface area contributed by atoms with Gasteiger partial charge in [-0.1, -0.05) is 11.6 Å². The van der Waals surface area contributed by atoms with Gasteiger partial charge in [0.25, 0.3) is 0 Å². The van der Waals surface area contributed by atoms with Crippen LogP contribution >= 0.6 is 11.6 Å². The highest BCUT2D eigenvalue weighted by Crippen LogP contribution is 2.23. The van der Waals surface area contributed by atoms with Gasteiger partial charge in [0, 0.05) is 0 Å². The lowest BCUT2D eigenvalue weighted by molar-refractivity contribution is 0.456. The van der Waals surface area contributed by atoms with E-state index in [4.69, 9.17) is 20.7 Å². The molecule has 1 aromatic heterocycles. The smallest absolute Gasteiger partial charge is 0.282 e. The first-order valence-corrected chi connectivity index (χ1v) is 6.23. The summed E-state index contributed by atoms with van der Waals surface area (Å²) in [6.07, 6.45) is 0. The molecule has 84 valence electrons. The highest BCUT2D eigenvalue weighted by atomic mass is 35.5. The van der Waals surface area contributed by atoms with Crippen LogP contribution in [0.5, 0.6) is 0 Å². The minimum Gasteiger partial charge on any atom is -0.282 e. The van der Waals surface area contributed by atoms with E-state index in [1.807, 2.05) is 0 Å². The van der Waals surface area contributed by atoms with Gasteiger partial charge in [-0.3, -0.25) is 9.11 Å². The fourth-order valence-electron chi connectivity index (χ4n) is 0.667. The predicted molar refractivity (Wildman–Crippen MR) is 44.5 cm³/mol. The Morgan fingerprint density at radius 2 is 1.53 bits per heavy atom. The molecule has 0 radical (unpaired) electrons. The fourth-order valence-corrected chi connectivity index (χ4v) is 2.76. The zero-order valence-electron chi connectivity index (χ0n) is 6.56. The molecule has 0 spiro atoms. The third-order valence-electron chi connectivity index (χ3n) is 1.15. The van der Waals surface area contributed by atoms with E-state index < -0.39 is 35.3 Å². The molecule has 15 heavy (non-hydrogen) atoms. The van der Waals surface area contributed by atoms with Gasteiger partial charge in [-0.2, -0.15) is 16.8 Å². The summed E-state index contributed by atoms with van der Waals surface area (Å²) < 4.78 is 59.9. The van der Waals surface area contributed by atoms with Gasteiger partial charge in [-0.15, -0.1) is 10.2 Å². The second kappa shape index (κ2) is 3.61. The number of hydrogen-bond acceptors (Lipinski definition) is 7. The first-order chi connectivity index (χ1) is 6.64. The van der Waals surface area contributed by atoms with Crippen LogP contribution in [0.4, 0.5) is 0 Å². The highest BCUT2D eigenvalue weighted by Gasteiger charge is 2.30. The standard InChI is InChI=1S/C3H2ClN3O6S2/c4-2-1(14(8,9)10)3(6-7-5-2)15(11,12)13/h(H,8,9,10)(H,11,12,13). The van der Waals surface area contributed by atoms with E-state index in [1.54, 1.807) is 0 Å². The Morgan fingerprint density at radius 1 is 1.00 bits per heavy atom. The SMILES string of the molecule is O=S(=O)(O)c1nnnc(Cl)c1S(=O)(=O)O. The van der Waals surface area contributed by atoms with Gasteiger partial charge in [-0.25, -0.2) is 0 Å². The van der Waals surface area contributed by atoms with Crippen molar-refractivity contribution in [2.24, 2.45) is 0 Å². The quantitative estimate of drug-likeness (QED) is 0.649. The van der Waals surface area contributed by atoms with Crippen LogP contribution in [-0.4, -0.2) is 41.4 Å². The molecule has 0 unspecified atom stereocenters. The van der Waals surface area contributed by atoms with E-state index in [-0.39, 0.29) is 0 Å². The summed E-state index contributed by atoms with van der Waals surface area (Å²) >= 11 is 5.19. The lowest BCUT2D eigenvalue weighted by Gasteiger charge is -2.01. The van der Waals surface area contributed by atoms with Crippen LogP contribution in [0, 0.1) is 0 Å². The largest absolute Gasteiger partial charge is 0.315 e. The van der Waals surface area contributed by atoms with Gasteiger partial charge in [0.2, 0.25) is 5.03 Å². The fraction of sp³-hybridized carbons (Fsp3) is 0. The van der Waals surface area contributed by atoms with Crippen molar-refractivity contribution in [2.45, 2.75) is 9.92 Å². The summed E-state index contributed by atoms with van der Waals surface area (Å²) in [6.45, 7) is 0. The van der Waals surface area contributed by atoms with Crippen molar-refractivity contribution >= 4 is 31.8 Å². The van der Waals surface area contributed by atoms with Crippen molar-refractivity contribution in [2.75, 3.05) is 0 Å². The zero-order chi connectivity index (χ0) is 11.9. The Labute approximate surface area is 88.6 Å². The third-order valence-corrected chi connectivity index (χ3v) is 3.33. The van der Waals surface area contributed by atoms with Gasteiger partial charge < -0.3 is 0 Å². The van der Waals surface area contributed by atoms with E-state index in [9.17, 15) is 16.8 Å². The Kier molecular flexibility index (Phi) is 2.93. The van der Waals surface area contributed by atoms with E-state index in [0.717, 1.165) is 0 Å². The topological polar surface area (TPSA) is 147 Å². The lowest BCUT2D eigenvalue weighted by Crippen LogP contribution is -2.13. The van der Waals surface area contributed by atoms with Gasteiger partial charge >= 0.3 is 20.2 Å². The van der Waals surface area contributed by atoms with Crippen molar-refractivity contribution in [1.82, 2.24) is 15.4 Å². The minimum atomic E-state index is -4.98. The molecule has 2 N–H and O–H groups in total. The predicted octanol–water partition coefficient (Wildman–Crippen LogP) is -0.982. The van der Waals surface area contributed by atoms with Crippen LogP contribution in [0.3, 0.4) is 0 Å². The zero-order valence-corrected chi connectivity index (χ0v) is 8.95. The highest BCUT2D eigenvalue weighted by molar-refractivity contribution is 7.89. The van der Waals surface area contributed by atoms with Crippen LogP contribution in [0.15, 0.2) is 9.92 Å². The van der Waals surface area contributed by atoms with Gasteiger partial charge in [0.05, 0.1) is 0 Å². The van der Waals surface area contributed by atoms with Crippen LogP contribution in [0.1, 0.15) is 0 Å². The second-order valence-electron chi connectivity index (χ2n) is 2.16. The Morgan fingerprint density at radius 3 is 1.87 bits per heavy atom. The third kappa shape index (κ3) is 2.57.